The molecule has 0 fully saturated rings. The van der Waals surface area contributed by atoms with E-state index in [2.05, 4.69) is 36.8 Å². The van der Waals surface area contributed by atoms with Crippen LogP contribution in [0, 0.1) is 0 Å². The number of esters is 1. The van der Waals surface area contributed by atoms with Crippen molar-refractivity contribution in [3.8, 4) is 11.5 Å². The van der Waals surface area contributed by atoms with Crippen molar-refractivity contribution in [3.05, 3.63) is 38.6 Å². The maximum atomic E-state index is 11.7. The van der Waals surface area contributed by atoms with Crippen LogP contribution >= 0.6 is 31.9 Å². The molecule has 0 bridgehead atoms. The fourth-order valence-corrected chi connectivity index (χ4v) is 2.56. The topological polar surface area (TPSA) is 52.3 Å². The number of hydrogen-bond acceptors (Lipinski definition) is 4. The minimum atomic E-state index is -0.502. The third kappa shape index (κ3) is 3.12. The molecule has 0 N–H and O–H groups in total. The Kier molecular flexibility index (Phi) is 4.99. The maximum absolute atomic E-state index is 11.7. The Labute approximate surface area is 133 Å². The second-order valence-electron chi connectivity index (χ2n) is 4.16. The molecule has 0 atom stereocenters. The van der Waals surface area contributed by atoms with Crippen LogP contribution in [0.5, 0.6) is 0 Å². The van der Waals surface area contributed by atoms with E-state index in [9.17, 15) is 4.79 Å². The van der Waals surface area contributed by atoms with Crippen molar-refractivity contribution in [2.24, 2.45) is 0 Å². The number of benzene rings is 1. The highest BCUT2D eigenvalue weighted by molar-refractivity contribution is 9.11. The Morgan fingerprint density at radius 2 is 2.15 bits per heavy atom. The molecule has 1 aromatic carbocycles. The second-order valence-corrected chi connectivity index (χ2v) is 5.93. The monoisotopic (exact) mass is 401 g/mol. The first kappa shape index (κ1) is 15.3. The lowest BCUT2D eigenvalue weighted by molar-refractivity contribution is 0.0564. The molecule has 0 unspecified atom stereocenters. The van der Waals surface area contributed by atoms with E-state index in [1.54, 1.807) is 0 Å². The lowest BCUT2D eigenvalue weighted by Crippen LogP contribution is -2.03. The van der Waals surface area contributed by atoms with Crippen LogP contribution in [0.3, 0.4) is 0 Å². The molecule has 106 valence electrons. The lowest BCUT2D eigenvalue weighted by Gasteiger charge is -2.00. The fraction of sp³-hybridized carbons (Fsp3) is 0.286. The van der Waals surface area contributed by atoms with E-state index in [1.165, 1.54) is 7.11 Å². The normalized spacial score (nSPS) is 10.6. The minimum absolute atomic E-state index is 0.177. The minimum Gasteiger partial charge on any atom is -0.463 e. The van der Waals surface area contributed by atoms with E-state index in [0.29, 0.717) is 18.0 Å². The summed E-state index contributed by atoms with van der Waals surface area (Å²) in [6, 6.07) is 5.68. The molecule has 20 heavy (non-hydrogen) atoms. The number of oxazole rings is 1. The largest absolute Gasteiger partial charge is 0.463 e. The van der Waals surface area contributed by atoms with Crippen molar-refractivity contribution < 1.29 is 13.9 Å². The predicted octanol–water partition coefficient (Wildman–Crippen LogP) is 4.61. The van der Waals surface area contributed by atoms with Gasteiger partial charge in [0, 0.05) is 8.95 Å². The summed E-state index contributed by atoms with van der Waals surface area (Å²) in [5, 5.41) is 0. The summed E-state index contributed by atoms with van der Waals surface area (Å²) in [4.78, 5) is 16.2. The van der Waals surface area contributed by atoms with E-state index in [4.69, 9.17) is 9.15 Å². The first-order valence-corrected chi connectivity index (χ1v) is 7.68. The van der Waals surface area contributed by atoms with Gasteiger partial charge in [-0.2, -0.15) is 0 Å². The van der Waals surface area contributed by atoms with Gasteiger partial charge < -0.3 is 9.15 Å². The quantitative estimate of drug-likeness (QED) is 0.701. The zero-order valence-electron chi connectivity index (χ0n) is 11.1. The van der Waals surface area contributed by atoms with E-state index in [0.717, 1.165) is 20.9 Å². The number of aryl methyl sites for hydroxylation is 1. The average Bonchev–Trinajstić information content (AvgIpc) is 2.85. The number of rotatable bonds is 4. The molecule has 1 aromatic heterocycles. The number of aromatic nitrogens is 1. The molecule has 0 spiro atoms. The van der Waals surface area contributed by atoms with Gasteiger partial charge in [-0.15, -0.1) is 0 Å². The number of hydrogen-bond donors (Lipinski definition) is 0. The van der Waals surface area contributed by atoms with E-state index < -0.39 is 5.97 Å². The van der Waals surface area contributed by atoms with Crippen LogP contribution in [0.4, 0.5) is 0 Å². The van der Waals surface area contributed by atoms with Crippen molar-refractivity contribution in [1.82, 2.24) is 4.98 Å². The lowest BCUT2D eigenvalue weighted by atomic mass is 10.2. The van der Waals surface area contributed by atoms with Gasteiger partial charge >= 0.3 is 5.97 Å². The highest BCUT2D eigenvalue weighted by atomic mass is 79.9. The number of carbonyl (C=O) groups is 1. The maximum Gasteiger partial charge on any atom is 0.376 e. The van der Waals surface area contributed by atoms with Crippen LogP contribution in [0.2, 0.25) is 0 Å². The van der Waals surface area contributed by atoms with Gasteiger partial charge in [0.25, 0.3) is 0 Å². The van der Waals surface area contributed by atoms with Gasteiger partial charge in [-0.05, 0) is 40.5 Å². The Balaban J connectivity index is 2.52. The second kappa shape index (κ2) is 6.54. The Morgan fingerprint density at radius 3 is 2.80 bits per heavy atom. The molecule has 2 rings (SSSR count). The molecule has 4 nitrogen and oxygen atoms in total. The number of carbonyl (C=O) groups excluding carboxylic acids is 1. The van der Waals surface area contributed by atoms with Crippen LogP contribution < -0.4 is 0 Å². The van der Waals surface area contributed by atoms with Gasteiger partial charge in [0.15, 0.2) is 0 Å². The first-order valence-electron chi connectivity index (χ1n) is 6.10. The zero-order chi connectivity index (χ0) is 14.7. The summed E-state index contributed by atoms with van der Waals surface area (Å²) < 4.78 is 12.1. The van der Waals surface area contributed by atoms with Gasteiger partial charge in [-0.1, -0.05) is 29.3 Å². The standard InChI is InChI=1S/C14H13Br2NO3/c1-3-4-11-12(14(18)19-2)20-13(17-11)9-7-8(15)5-6-10(9)16/h5-7H,3-4H2,1-2H3. The first-order chi connectivity index (χ1) is 9.56. The number of nitrogens with zero attached hydrogens (tertiary/aromatic N) is 1. The summed E-state index contributed by atoms with van der Waals surface area (Å²) in [5.74, 6) is 0.0802. The van der Waals surface area contributed by atoms with Crippen molar-refractivity contribution >= 4 is 37.8 Å². The van der Waals surface area contributed by atoms with Gasteiger partial charge in [-0.3, -0.25) is 0 Å². The molecule has 0 aliphatic heterocycles. The van der Waals surface area contributed by atoms with Crippen molar-refractivity contribution in [2.45, 2.75) is 19.8 Å². The van der Waals surface area contributed by atoms with Gasteiger partial charge in [0.2, 0.25) is 11.7 Å². The molecule has 1 heterocycles. The molecule has 0 saturated carbocycles. The summed E-state index contributed by atoms with van der Waals surface area (Å²) >= 11 is 6.87. The molecule has 2 aromatic rings. The molecular formula is C14H13Br2NO3. The van der Waals surface area contributed by atoms with Gasteiger partial charge in [-0.25, -0.2) is 9.78 Å². The predicted molar refractivity (Wildman–Crippen MR) is 82.7 cm³/mol. The van der Waals surface area contributed by atoms with Crippen molar-refractivity contribution in [2.75, 3.05) is 7.11 Å². The van der Waals surface area contributed by atoms with Crippen molar-refractivity contribution in [3.63, 3.8) is 0 Å². The zero-order valence-corrected chi connectivity index (χ0v) is 14.2. The third-order valence-electron chi connectivity index (χ3n) is 2.71. The van der Waals surface area contributed by atoms with Crippen LogP contribution in [-0.2, 0) is 11.2 Å². The summed E-state index contributed by atoms with van der Waals surface area (Å²) in [5.41, 5.74) is 1.41. The van der Waals surface area contributed by atoms with E-state index in [1.807, 2.05) is 25.1 Å². The molecule has 0 radical (unpaired) electrons. The fourth-order valence-electron chi connectivity index (χ4n) is 1.79. The average molecular weight is 403 g/mol. The SMILES string of the molecule is CCCc1nc(-c2cc(Br)ccc2Br)oc1C(=O)OC. The summed E-state index contributed by atoms with van der Waals surface area (Å²) in [6.07, 6.45) is 1.54. The van der Waals surface area contributed by atoms with Crippen LogP contribution in [0.1, 0.15) is 29.6 Å². The molecule has 0 aliphatic carbocycles. The molecule has 0 saturated heterocycles. The Hall–Kier alpha value is -1.14. The summed E-state index contributed by atoms with van der Waals surface area (Å²) in [7, 11) is 1.33. The van der Waals surface area contributed by atoms with Crippen LogP contribution in [-0.4, -0.2) is 18.1 Å². The highest BCUT2D eigenvalue weighted by Gasteiger charge is 2.22. The van der Waals surface area contributed by atoms with E-state index in [-0.39, 0.29) is 5.76 Å². The highest BCUT2D eigenvalue weighted by Crippen LogP contribution is 2.32. The Bertz CT molecular complexity index is 637. The summed E-state index contributed by atoms with van der Waals surface area (Å²) in [6.45, 7) is 2.02. The van der Waals surface area contributed by atoms with Crippen molar-refractivity contribution in [1.29, 1.82) is 0 Å². The van der Waals surface area contributed by atoms with E-state index >= 15 is 0 Å². The third-order valence-corrected chi connectivity index (χ3v) is 3.90. The molecular weight excluding hydrogens is 390 g/mol. The molecule has 0 amide bonds. The van der Waals surface area contributed by atoms with Gasteiger partial charge in [0.05, 0.1) is 18.4 Å². The number of methoxy groups -OCH3 is 1. The molecule has 6 heteroatoms. The van der Waals surface area contributed by atoms with Crippen LogP contribution in [0.25, 0.3) is 11.5 Å². The number of halogens is 2. The van der Waals surface area contributed by atoms with Crippen LogP contribution in [0.15, 0.2) is 31.6 Å². The smallest absolute Gasteiger partial charge is 0.376 e. The Morgan fingerprint density at radius 1 is 1.40 bits per heavy atom. The molecule has 0 aliphatic rings. The van der Waals surface area contributed by atoms with Gasteiger partial charge in [0.1, 0.15) is 0 Å². The number of ether oxygens (including phenoxy) is 1.